The fourth-order valence-electron chi connectivity index (χ4n) is 2.93. The lowest BCUT2D eigenvalue weighted by molar-refractivity contribution is -0.124. The fraction of sp³-hybridized carbons (Fsp3) is 0.929. The lowest BCUT2D eigenvalue weighted by Crippen LogP contribution is -2.48. The molecule has 2 saturated carbocycles. The van der Waals surface area contributed by atoms with Crippen LogP contribution < -0.4 is 5.32 Å². The first-order valence-corrected chi connectivity index (χ1v) is 7.17. The van der Waals surface area contributed by atoms with Gasteiger partial charge in [-0.1, -0.05) is 25.7 Å². The maximum Gasteiger partial charge on any atom is 0.220 e. The van der Waals surface area contributed by atoms with E-state index in [1.807, 2.05) is 0 Å². The van der Waals surface area contributed by atoms with Crippen LogP contribution in [0.1, 0.15) is 64.2 Å². The molecule has 0 spiro atoms. The predicted octanol–water partition coefficient (Wildman–Crippen LogP) is 2.38. The molecule has 0 bridgehead atoms. The summed E-state index contributed by atoms with van der Waals surface area (Å²) >= 11 is 0. The van der Waals surface area contributed by atoms with Crippen LogP contribution in [0.15, 0.2) is 0 Å². The van der Waals surface area contributed by atoms with Crippen molar-refractivity contribution < 1.29 is 9.90 Å². The number of rotatable bonds is 4. The highest BCUT2D eigenvalue weighted by atomic mass is 16.3. The molecule has 0 aliphatic heterocycles. The molecule has 0 aromatic heterocycles. The lowest BCUT2D eigenvalue weighted by atomic mass is 9.80. The van der Waals surface area contributed by atoms with Crippen molar-refractivity contribution in [2.75, 3.05) is 6.54 Å². The summed E-state index contributed by atoms with van der Waals surface area (Å²) in [5.41, 5.74) is -0.584. The standard InChI is InChI=1S/C14H25NO2/c16-13(15-11-14(17)8-5-9-14)10-12-6-3-1-2-4-7-12/h12,17H,1-11H2,(H,15,16). The number of amides is 1. The molecule has 17 heavy (non-hydrogen) atoms. The second-order valence-corrected chi connectivity index (χ2v) is 5.92. The van der Waals surface area contributed by atoms with E-state index in [9.17, 15) is 9.90 Å². The average Bonchev–Trinajstić information content (AvgIpc) is 2.52. The Labute approximate surface area is 104 Å². The summed E-state index contributed by atoms with van der Waals surface area (Å²) in [6, 6.07) is 0. The second kappa shape index (κ2) is 5.85. The van der Waals surface area contributed by atoms with Crippen molar-refractivity contribution in [3.8, 4) is 0 Å². The number of carbonyl (C=O) groups excluding carboxylic acids is 1. The molecule has 2 fully saturated rings. The van der Waals surface area contributed by atoms with Gasteiger partial charge in [-0.05, 0) is 38.0 Å². The van der Waals surface area contributed by atoms with Crippen LogP contribution in [0.3, 0.4) is 0 Å². The molecule has 98 valence electrons. The van der Waals surface area contributed by atoms with Gasteiger partial charge in [0.1, 0.15) is 0 Å². The molecule has 0 unspecified atom stereocenters. The third-order valence-corrected chi connectivity index (χ3v) is 4.35. The summed E-state index contributed by atoms with van der Waals surface area (Å²) in [5.74, 6) is 0.714. The van der Waals surface area contributed by atoms with Gasteiger partial charge >= 0.3 is 0 Å². The Kier molecular flexibility index (Phi) is 4.43. The van der Waals surface area contributed by atoms with Crippen molar-refractivity contribution in [3.05, 3.63) is 0 Å². The number of aliphatic hydroxyl groups is 1. The first kappa shape index (κ1) is 12.9. The third kappa shape index (κ3) is 3.98. The third-order valence-electron chi connectivity index (χ3n) is 4.35. The van der Waals surface area contributed by atoms with Gasteiger partial charge in [-0.25, -0.2) is 0 Å². The van der Waals surface area contributed by atoms with E-state index in [0.717, 1.165) is 19.3 Å². The van der Waals surface area contributed by atoms with E-state index in [1.165, 1.54) is 38.5 Å². The van der Waals surface area contributed by atoms with Gasteiger partial charge in [0.05, 0.1) is 5.60 Å². The maximum absolute atomic E-state index is 11.8. The number of hydrogen-bond donors (Lipinski definition) is 2. The van der Waals surface area contributed by atoms with E-state index in [0.29, 0.717) is 18.9 Å². The molecule has 2 rings (SSSR count). The topological polar surface area (TPSA) is 49.3 Å². The number of carbonyl (C=O) groups is 1. The van der Waals surface area contributed by atoms with Crippen LogP contribution in [-0.2, 0) is 4.79 Å². The highest BCUT2D eigenvalue weighted by Crippen LogP contribution is 2.31. The van der Waals surface area contributed by atoms with Crippen LogP contribution in [0.5, 0.6) is 0 Å². The minimum atomic E-state index is -0.584. The molecule has 0 radical (unpaired) electrons. The predicted molar refractivity (Wildman–Crippen MR) is 67.6 cm³/mol. The summed E-state index contributed by atoms with van der Waals surface area (Å²) < 4.78 is 0. The van der Waals surface area contributed by atoms with Gasteiger partial charge in [-0.15, -0.1) is 0 Å². The highest BCUT2D eigenvalue weighted by molar-refractivity contribution is 5.76. The number of hydrogen-bond acceptors (Lipinski definition) is 2. The molecule has 1 amide bonds. The van der Waals surface area contributed by atoms with Gasteiger partial charge in [0, 0.05) is 13.0 Å². The van der Waals surface area contributed by atoms with Crippen LogP contribution in [0.25, 0.3) is 0 Å². The van der Waals surface area contributed by atoms with Crippen LogP contribution in [0.4, 0.5) is 0 Å². The van der Waals surface area contributed by atoms with Gasteiger partial charge in [-0.3, -0.25) is 4.79 Å². The molecule has 0 aromatic rings. The Hall–Kier alpha value is -0.570. The second-order valence-electron chi connectivity index (χ2n) is 5.92. The van der Waals surface area contributed by atoms with E-state index in [1.54, 1.807) is 0 Å². The van der Waals surface area contributed by atoms with E-state index in [-0.39, 0.29) is 5.91 Å². The molecule has 3 nitrogen and oxygen atoms in total. The normalized spacial score (nSPS) is 24.8. The zero-order chi connectivity index (χ0) is 12.1. The van der Waals surface area contributed by atoms with Crippen molar-refractivity contribution >= 4 is 5.91 Å². The largest absolute Gasteiger partial charge is 0.388 e. The summed E-state index contributed by atoms with van der Waals surface area (Å²) in [6.45, 7) is 0.457. The Morgan fingerprint density at radius 3 is 2.29 bits per heavy atom. The monoisotopic (exact) mass is 239 g/mol. The van der Waals surface area contributed by atoms with E-state index >= 15 is 0 Å². The minimum absolute atomic E-state index is 0.136. The Morgan fingerprint density at radius 1 is 1.12 bits per heavy atom. The molecule has 2 aliphatic rings. The molecule has 3 heteroatoms. The first-order chi connectivity index (χ1) is 8.18. The highest BCUT2D eigenvalue weighted by Gasteiger charge is 2.34. The quantitative estimate of drug-likeness (QED) is 0.740. The summed E-state index contributed by atoms with van der Waals surface area (Å²) in [6.07, 6.45) is 11.1. The zero-order valence-corrected chi connectivity index (χ0v) is 10.7. The molecule has 0 atom stereocenters. The summed E-state index contributed by atoms with van der Waals surface area (Å²) in [7, 11) is 0. The molecular formula is C14H25NO2. The first-order valence-electron chi connectivity index (χ1n) is 7.17. The van der Waals surface area contributed by atoms with Crippen molar-refractivity contribution in [2.45, 2.75) is 69.8 Å². The maximum atomic E-state index is 11.8. The number of nitrogens with one attached hydrogen (secondary N) is 1. The Balaban J connectivity index is 1.65. The van der Waals surface area contributed by atoms with Gasteiger partial charge in [0.2, 0.25) is 5.91 Å². The van der Waals surface area contributed by atoms with Gasteiger partial charge in [0.15, 0.2) is 0 Å². The van der Waals surface area contributed by atoms with Crippen LogP contribution >= 0.6 is 0 Å². The van der Waals surface area contributed by atoms with Crippen molar-refractivity contribution in [3.63, 3.8) is 0 Å². The molecular weight excluding hydrogens is 214 g/mol. The molecule has 0 heterocycles. The van der Waals surface area contributed by atoms with Gasteiger partial charge in [-0.2, -0.15) is 0 Å². The average molecular weight is 239 g/mol. The smallest absolute Gasteiger partial charge is 0.220 e. The molecule has 2 aliphatic carbocycles. The Morgan fingerprint density at radius 2 is 1.76 bits per heavy atom. The van der Waals surface area contributed by atoms with E-state index < -0.39 is 5.60 Å². The van der Waals surface area contributed by atoms with Gasteiger partial charge < -0.3 is 10.4 Å². The summed E-state index contributed by atoms with van der Waals surface area (Å²) in [4.78, 5) is 11.8. The zero-order valence-electron chi connectivity index (χ0n) is 10.7. The lowest BCUT2D eigenvalue weighted by Gasteiger charge is -2.36. The van der Waals surface area contributed by atoms with E-state index in [2.05, 4.69) is 5.32 Å². The molecule has 2 N–H and O–H groups in total. The fourth-order valence-corrected chi connectivity index (χ4v) is 2.93. The van der Waals surface area contributed by atoms with Crippen LogP contribution in [0.2, 0.25) is 0 Å². The van der Waals surface area contributed by atoms with Gasteiger partial charge in [0.25, 0.3) is 0 Å². The molecule has 0 saturated heterocycles. The van der Waals surface area contributed by atoms with Crippen molar-refractivity contribution in [1.82, 2.24) is 5.32 Å². The van der Waals surface area contributed by atoms with Crippen LogP contribution in [-0.4, -0.2) is 23.2 Å². The summed E-state index contributed by atoms with van der Waals surface area (Å²) in [5, 5.41) is 12.8. The van der Waals surface area contributed by atoms with Crippen molar-refractivity contribution in [2.24, 2.45) is 5.92 Å². The van der Waals surface area contributed by atoms with Crippen LogP contribution in [0, 0.1) is 5.92 Å². The SMILES string of the molecule is O=C(CC1CCCCCC1)NCC1(O)CCC1. The van der Waals surface area contributed by atoms with Crippen molar-refractivity contribution in [1.29, 1.82) is 0 Å². The van der Waals surface area contributed by atoms with E-state index in [4.69, 9.17) is 0 Å². The molecule has 0 aromatic carbocycles. The Bertz CT molecular complexity index is 253. The minimum Gasteiger partial charge on any atom is -0.388 e.